The van der Waals surface area contributed by atoms with Gasteiger partial charge in [0.05, 0.1) is 40.8 Å². The van der Waals surface area contributed by atoms with Crippen molar-refractivity contribution in [1.82, 2.24) is 29.7 Å². The largest absolute Gasteiger partial charge is 0.473 e. The van der Waals surface area contributed by atoms with Crippen LogP contribution in [0, 0.1) is 22.9 Å². The summed E-state index contributed by atoms with van der Waals surface area (Å²) in [7, 11) is 1.75. The number of halogens is 4. The summed E-state index contributed by atoms with van der Waals surface area (Å²) in [5.41, 5.74) is 2.59. The van der Waals surface area contributed by atoms with Crippen molar-refractivity contribution in [3.8, 4) is 28.4 Å². The Morgan fingerprint density at radius 1 is 0.980 bits per heavy atom. The number of H-pyrrole nitrogens is 1. The number of aromatic nitrogens is 6. The molecular formula is C36H32F4N6O4. The van der Waals surface area contributed by atoms with E-state index in [1.165, 1.54) is 49.0 Å². The predicted molar refractivity (Wildman–Crippen MR) is 175 cm³/mol. The summed E-state index contributed by atoms with van der Waals surface area (Å²) in [6.07, 6.45) is 5.79. The molecule has 1 N–H and O–H groups in total. The number of benzene rings is 2. The zero-order valence-corrected chi connectivity index (χ0v) is 27.3. The highest BCUT2D eigenvalue weighted by Gasteiger charge is 2.23. The molecule has 2 aromatic carbocycles. The summed E-state index contributed by atoms with van der Waals surface area (Å²) >= 11 is 0. The topological polar surface area (TPSA) is 117 Å². The van der Waals surface area contributed by atoms with Crippen LogP contribution in [0.1, 0.15) is 47.6 Å². The quantitative estimate of drug-likeness (QED) is 0.164. The monoisotopic (exact) mass is 688 g/mol. The van der Waals surface area contributed by atoms with E-state index in [0.29, 0.717) is 33.5 Å². The van der Waals surface area contributed by atoms with Gasteiger partial charge < -0.3 is 14.5 Å². The number of nitrogens with one attached hydrogen (secondary N) is 1. The first kappa shape index (κ1) is 34.2. The number of fused-ring (bicyclic) bond motifs is 1. The maximum atomic E-state index is 15.2. The van der Waals surface area contributed by atoms with Crippen LogP contribution in [0.25, 0.3) is 33.5 Å². The van der Waals surface area contributed by atoms with Gasteiger partial charge in [0.2, 0.25) is 5.88 Å². The van der Waals surface area contributed by atoms with Crippen molar-refractivity contribution < 1.29 is 36.9 Å². The number of aromatic amines is 1. The summed E-state index contributed by atoms with van der Waals surface area (Å²) < 4.78 is 69.6. The fraction of sp³-hybridized carbons (Fsp3) is 0.250. The van der Waals surface area contributed by atoms with Gasteiger partial charge in [-0.3, -0.25) is 9.67 Å². The first-order chi connectivity index (χ1) is 24.0. The minimum Gasteiger partial charge on any atom is -0.473 e. The maximum Gasteiger partial charge on any atom is 0.379 e. The summed E-state index contributed by atoms with van der Waals surface area (Å²) in [6, 6.07) is 12.1. The zero-order chi connectivity index (χ0) is 35.4. The summed E-state index contributed by atoms with van der Waals surface area (Å²) in [5.74, 6) is -2.74. The third-order valence-electron chi connectivity index (χ3n) is 8.05. The van der Waals surface area contributed by atoms with Gasteiger partial charge >= 0.3 is 5.97 Å². The average molecular weight is 689 g/mol. The van der Waals surface area contributed by atoms with Crippen molar-refractivity contribution in [3.05, 3.63) is 113 Å². The van der Waals surface area contributed by atoms with E-state index in [1.807, 2.05) is 0 Å². The highest BCUT2D eigenvalue weighted by molar-refractivity contribution is 5.93. The maximum absolute atomic E-state index is 15.2. The Balaban J connectivity index is 0.000000552. The average Bonchev–Trinajstić information content (AvgIpc) is 3.84. The molecule has 1 saturated heterocycles. The smallest absolute Gasteiger partial charge is 0.379 e. The Labute approximate surface area is 284 Å². The molecule has 14 heteroatoms. The first-order valence-electron chi connectivity index (χ1n) is 15.6. The van der Waals surface area contributed by atoms with Crippen molar-refractivity contribution in [2.45, 2.75) is 33.3 Å². The number of carbonyl (C=O) groups is 1. The molecule has 7 rings (SSSR count). The number of ether oxygens (including phenoxy) is 2. The molecule has 0 spiro atoms. The second-order valence-electron chi connectivity index (χ2n) is 12.6. The van der Waals surface area contributed by atoms with Crippen molar-refractivity contribution in [2.75, 3.05) is 13.2 Å². The summed E-state index contributed by atoms with van der Waals surface area (Å²) in [5, 5.41) is 4.05. The SMILES string of the molecule is CC1(C)CCOC1.Cn1cc(-c2cc(F)c(COc3cccc(-c4cc(F)c(Cc5nc6ccc(C(=O)OF)cc6[nH]5)cc4F)n3)cn2)cn1. The molecule has 0 saturated carbocycles. The first-order valence-corrected chi connectivity index (χ1v) is 15.6. The van der Waals surface area contributed by atoms with Gasteiger partial charge in [0.1, 0.15) is 29.9 Å². The molecular weight excluding hydrogens is 656 g/mol. The van der Waals surface area contributed by atoms with Crippen molar-refractivity contribution in [2.24, 2.45) is 12.5 Å². The third-order valence-corrected chi connectivity index (χ3v) is 8.05. The van der Waals surface area contributed by atoms with Gasteiger partial charge in [-0.25, -0.2) is 32.9 Å². The minimum absolute atomic E-state index is 0.0220. The fourth-order valence-corrected chi connectivity index (χ4v) is 5.26. The molecule has 0 amide bonds. The predicted octanol–water partition coefficient (Wildman–Crippen LogP) is 7.48. The standard InChI is InChI=1S/C30H20F4N6O3.C6H12O/c1-40-14-18(13-36-40)26-11-22(32)19(12-35-26)15-42-29-4-2-3-24(39-29)20-10-21(31)17(7-23(20)33)9-28-37-25-6-5-16(30(41)43-34)8-27(25)38-28;1-6(2)3-4-7-5-6/h2-8,10-14H,9,15H2,1H3,(H,37,38);3-5H2,1-2H3. The van der Waals surface area contributed by atoms with Crippen LogP contribution < -0.4 is 4.74 Å². The van der Waals surface area contributed by atoms with Crippen LogP contribution in [-0.2, 0) is 29.8 Å². The van der Waals surface area contributed by atoms with Crippen molar-refractivity contribution in [1.29, 1.82) is 0 Å². The molecule has 10 nitrogen and oxygen atoms in total. The van der Waals surface area contributed by atoms with Gasteiger partial charge in [-0.2, -0.15) is 5.10 Å². The molecule has 4 aromatic heterocycles. The molecule has 1 fully saturated rings. The van der Waals surface area contributed by atoms with E-state index in [4.69, 9.17) is 9.47 Å². The van der Waals surface area contributed by atoms with E-state index in [2.05, 4.69) is 43.8 Å². The Morgan fingerprint density at radius 2 is 1.80 bits per heavy atom. The number of hydrogen-bond acceptors (Lipinski definition) is 8. The van der Waals surface area contributed by atoms with Crippen LogP contribution in [0.5, 0.6) is 5.88 Å². The van der Waals surface area contributed by atoms with Gasteiger partial charge in [-0.1, -0.05) is 19.9 Å². The Bertz CT molecular complexity index is 2160. The zero-order valence-electron chi connectivity index (χ0n) is 27.3. The van der Waals surface area contributed by atoms with Gasteiger partial charge in [0, 0.05) is 65.8 Å². The van der Waals surface area contributed by atoms with Crippen LogP contribution >= 0.6 is 0 Å². The van der Waals surface area contributed by atoms with Gasteiger partial charge in [-0.15, -0.1) is 0 Å². The number of imidazole rings is 1. The van der Waals surface area contributed by atoms with Crippen LogP contribution in [0.4, 0.5) is 17.7 Å². The van der Waals surface area contributed by atoms with E-state index in [-0.39, 0.29) is 46.9 Å². The molecule has 258 valence electrons. The van der Waals surface area contributed by atoms with E-state index >= 15 is 8.78 Å². The number of aryl methyl sites for hydroxylation is 1. The second kappa shape index (κ2) is 14.5. The molecule has 50 heavy (non-hydrogen) atoms. The van der Waals surface area contributed by atoms with Crippen molar-refractivity contribution >= 4 is 17.0 Å². The lowest BCUT2D eigenvalue weighted by molar-refractivity contribution is -0.0787. The summed E-state index contributed by atoms with van der Waals surface area (Å²) in [6.45, 7) is 6.20. The normalized spacial score (nSPS) is 13.6. The lowest BCUT2D eigenvalue weighted by Gasteiger charge is -2.11. The highest BCUT2D eigenvalue weighted by atomic mass is 19.3. The van der Waals surface area contributed by atoms with Crippen LogP contribution in [0.2, 0.25) is 0 Å². The minimum atomic E-state index is -1.16. The number of rotatable bonds is 8. The van der Waals surface area contributed by atoms with Gasteiger partial charge in [0.25, 0.3) is 0 Å². The number of carbonyl (C=O) groups excluding carboxylic acids is 1. The fourth-order valence-electron chi connectivity index (χ4n) is 5.26. The number of pyridine rings is 2. The van der Waals surface area contributed by atoms with E-state index < -0.39 is 23.4 Å². The van der Waals surface area contributed by atoms with Crippen LogP contribution in [0.15, 0.2) is 73.2 Å². The van der Waals surface area contributed by atoms with E-state index in [1.54, 1.807) is 30.2 Å². The highest BCUT2D eigenvalue weighted by Crippen LogP contribution is 2.28. The van der Waals surface area contributed by atoms with Crippen molar-refractivity contribution in [3.63, 3.8) is 0 Å². The van der Waals surface area contributed by atoms with Gasteiger partial charge in [0.15, 0.2) is 0 Å². The molecule has 1 aliphatic heterocycles. The van der Waals surface area contributed by atoms with E-state index in [0.717, 1.165) is 25.3 Å². The van der Waals surface area contributed by atoms with Crippen LogP contribution in [0.3, 0.4) is 0 Å². The second-order valence-corrected chi connectivity index (χ2v) is 12.6. The number of hydrogen-bond donors (Lipinski definition) is 1. The van der Waals surface area contributed by atoms with E-state index in [9.17, 15) is 13.7 Å². The Morgan fingerprint density at radius 3 is 2.48 bits per heavy atom. The molecule has 0 bridgehead atoms. The molecule has 0 radical (unpaired) electrons. The molecule has 0 aliphatic carbocycles. The lowest BCUT2D eigenvalue weighted by atomic mass is 9.94. The Hall–Kier alpha value is -5.63. The number of nitrogens with zero attached hydrogens (tertiary/aromatic N) is 5. The molecule has 1 aliphatic rings. The molecule has 6 aromatic rings. The lowest BCUT2D eigenvalue weighted by Crippen LogP contribution is -2.08. The Kier molecular flexibility index (Phi) is 9.90. The summed E-state index contributed by atoms with van der Waals surface area (Å²) in [4.78, 5) is 30.4. The third kappa shape index (κ3) is 7.97. The van der Waals surface area contributed by atoms with Gasteiger partial charge in [-0.05, 0) is 53.8 Å². The molecule has 0 unspecified atom stereocenters. The molecule has 0 atom stereocenters. The van der Waals surface area contributed by atoms with Crippen LogP contribution in [-0.4, -0.2) is 48.9 Å². The molecule has 5 heterocycles.